The number of rotatable bonds is 7. The predicted octanol–water partition coefficient (Wildman–Crippen LogP) is 4.00. The third-order valence-corrected chi connectivity index (χ3v) is 5.60. The van der Waals surface area contributed by atoms with Crippen LogP contribution in [0.1, 0.15) is 27.7 Å². The van der Waals surface area contributed by atoms with E-state index in [0.29, 0.717) is 10.7 Å². The number of benzene rings is 2. The van der Waals surface area contributed by atoms with Crippen molar-refractivity contribution in [1.82, 2.24) is 5.32 Å². The maximum Gasteiger partial charge on any atom is 0.408 e. The second-order valence-electron chi connectivity index (χ2n) is 7.84. The smallest absolute Gasteiger partial charge is 0.408 e. The summed E-state index contributed by atoms with van der Waals surface area (Å²) in [5.41, 5.74) is -0.206. The van der Waals surface area contributed by atoms with Crippen LogP contribution < -0.4 is 20.1 Å². The Morgan fingerprint density at radius 3 is 2.19 bits per heavy atom. The summed E-state index contributed by atoms with van der Waals surface area (Å²) in [6, 6.07) is 9.35. The van der Waals surface area contributed by atoms with E-state index in [1.165, 1.54) is 44.4 Å². The molecule has 0 spiro atoms. The van der Waals surface area contributed by atoms with Crippen LogP contribution in [0, 0.1) is 0 Å². The third-order valence-electron chi connectivity index (χ3n) is 3.94. The number of nitrogens with one attached hydrogen (secondary N) is 3. The van der Waals surface area contributed by atoms with Crippen LogP contribution in [0.4, 0.5) is 16.2 Å². The van der Waals surface area contributed by atoms with E-state index in [4.69, 9.17) is 21.1 Å². The van der Waals surface area contributed by atoms with E-state index >= 15 is 0 Å². The summed E-state index contributed by atoms with van der Waals surface area (Å²) in [7, 11) is -2.71. The van der Waals surface area contributed by atoms with Crippen LogP contribution in [0.3, 0.4) is 0 Å². The van der Waals surface area contributed by atoms with Crippen molar-refractivity contribution in [3.63, 3.8) is 0 Å². The van der Waals surface area contributed by atoms with Crippen molar-refractivity contribution < 1.29 is 27.5 Å². The first-order valence-electron chi connectivity index (χ1n) is 9.57. The molecule has 0 aliphatic rings. The Balaban J connectivity index is 2.19. The van der Waals surface area contributed by atoms with Gasteiger partial charge in [-0.25, -0.2) is 13.2 Å². The number of carbonyl (C=O) groups excluding carboxylic acids is 2. The van der Waals surface area contributed by atoms with Crippen molar-refractivity contribution in [2.24, 2.45) is 0 Å². The number of carbonyl (C=O) groups is 2. The van der Waals surface area contributed by atoms with Gasteiger partial charge in [-0.1, -0.05) is 11.6 Å². The van der Waals surface area contributed by atoms with Gasteiger partial charge in [0.1, 0.15) is 22.3 Å². The fraction of sp³-hybridized carbons (Fsp3) is 0.333. The van der Waals surface area contributed by atoms with E-state index in [-0.39, 0.29) is 16.3 Å². The number of methoxy groups -OCH3 is 1. The highest BCUT2D eigenvalue weighted by atomic mass is 35.5. The molecule has 174 valence electrons. The molecular weight excluding hydrogens is 458 g/mol. The van der Waals surface area contributed by atoms with Gasteiger partial charge in [0.2, 0.25) is 5.91 Å². The largest absolute Gasteiger partial charge is 0.495 e. The zero-order valence-electron chi connectivity index (χ0n) is 18.4. The van der Waals surface area contributed by atoms with E-state index in [2.05, 4.69) is 15.4 Å². The summed E-state index contributed by atoms with van der Waals surface area (Å²) in [4.78, 5) is 24.1. The molecular formula is C21H26ClN3O6S. The third kappa shape index (κ3) is 7.31. The lowest BCUT2D eigenvalue weighted by atomic mass is 10.2. The van der Waals surface area contributed by atoms with Gasteiger partial charge in [0.25, 0.3) is 10.0 Å². The Bertz CT molecular complexity index is 1080. The van der Waals surface area contributed by atoms with Crippen molar-refractivity contribution in [1.29, 1.82) is 0 Å². The molecule has 2 aromatic rings. The molecule has 0 saturated carbocycles. The average molecular weight is 484 g/mol. The van der Waals surface area contributed by atoms with Gasteiger partial charge in [-0.05, 0) is 70.2 Å². The maximum absolute atomic E-state index is 12.9. The molecule has 0 radical (unpaired) electrons. The molecule has 32 heavy (non-hydrogen) atoms. The molecule has 0 bridgehead atoms. The van der Waals surface area contributed by atoms with Crippen LogP contribution in [0.5, 0.6) is 5.75 Å². The molecule has 1 unspecified atom stereocenters. The summed E-state index contributed by atoms with van der Waals surface area (Å²) in [5, 5.41) is 5.45. The Morgan fingerprint density at radius 2 is 1.62 bits per heavy atom. The van der Waals surface area contributed by atoms with Gasteiger partial charge >= 0.3 is 6.09 Å². The zero-order valence-corrected chi connectivity index (χ0v) is 19.9. The fourth-order valence-corrected chi connectivity index (χ4v) is 3.87. The zero-order chi connectivity index (χ0) is 24.1. The summed E-state index contributed by atoms with van der Waals surface area (Å²) in [5.74, 6) is -0.473. The fourth-order valence-electron chi connectivity index (χ4n) is 2.49. The minimum Gasteiger partial charge on any atom is -0.495 e. The minimum atomic E-state index is -4.05. The standard InChI is InChI=1S/C21H26ClN3O6S/c1-13(23-20(27)31-21(2,3)4)19(26)24-16-10-11-17(30-5)18(12-16)32(28,29)25-15-8-6-14(22)7-9-15/h6-13,25H,1-5H3,(H,23,27)(H,24,26). The topological polar surface area (TPSA) is 123 Å². The summed E-state index contributed by atoms with van der Waals surface area (Å²) >= 11 is 5.83. The lowest BCUT2D eigenvalue weighted by Gasteiger charge is -2.21. The van der Waals surface area contributed by atoms with Crippen molar-refractivity contribution in [2.75, 3.05) is 17.1 Å². The van der Waals surface area contributed by atoms with Gasteiger partial charge in [0.05, 0.1) is 7.11 Å². The number of anilines is 2. The van der Waals surface area contributed by atoms with E-state index in [1.54, 1.807) is 32.9 Å². The number of amides is 2. The van der Waals surface area contributed by atoms with Crippen LogP contribution in [0.15, 0.2) is 47.4 Å². The van der Waals surface area contributed by atoms with Gasteiger partial charge in [-0.2, -0.15) is 0 Å². The number of halogens is 1. The average Bonchev–Trinajstić information content (AvgIpc) is 2.68. The summed E-state index contributed by atoms with van der Waals surface area (Å²) < 4.78 is 38.5. The van der Waals surface area contributed by atoms with Gasteiger partial charge in [-0.15, -0.1) is 0 Å². The first kappa shape index (κ1) is 25.3. The van der Waals surface area contributed by atoms with Gasteiger partial charge in [-0.3, -0.25) is 9.52 Å². The normalized spacial score (nSPS) is 12.4. The molecule has 2 aromatic carbocycles. The Labute approximate surface area is 192 Å². The monoisotopic (exact) mass is 483 g/mol. The second-order valence-corrected chi connectivity index (χ2v) is 9.92. The van der Waals surface area contributed by atoms with Crippen LogP contribution >= 0.6 is 11.6 Å². The number of alkyl carbamates (subject to hydrolysis) is 1. The molecule has 1 atom stereocenters. The van der Waals surface area contributed by atoms with Crippen molar-refractivity contribution in [3.8, 4) is 5.75 Å². The first-order valence-corrected chi connectivity index (χ1v) is 11.4. The number of hydrogen-bond acceptors (Lipinski definition) is 6. The first-order chi connectivity index (χ1) is 14.8. The molecule has 0 aliphatic heterocycles. The van der Waals surface area contributed by atoms with E-state index in [1.807, 2.05) is 0 Å². The molecule has 0 aromatic heterocycles. The highest BCUT2D eigenvalue weighted by Gasteiger charge is 2.23. The maximum atomic E-state index is 12.9. The molecule has 2 amide bonds. The Hall–Kier alpha value is -2.98. The summed E-state index contributed by atoms with van der Waals surface area (Å²) in [6.45, 7) is 6.58. The predicted molar refractivity (Wildman–Crippen MR) is 123 cm³/mol. The number of ether oxygens (including phenoxy) is 2. The summed E-state index contributed by atoms with van der Waals surface area (Å²) in [6.07, 6.45) is -0.745. The molecule has 11 heteroatoms. The van der Waals surface area contributed by atoms with Crippen molar-refractivity contribution >= 4 is 45.0 Å². The molecule has 9 nitrogen and oxygen atoms in total. The quantitative estimate of drug-likeness (QED) is 0.547. The highest BCUT2D eigenvalue weighted by Crippen LogP contribution is 2.29. The van der Waals surface area contributed by atoms with Gasteiger partial charge < -0.3 is 20.1 Å². The van der Waals surface area contributed by atoms with Crippen molar-refractivity contribution in [3.05, 3.63) is 47.5 Å². The van der Waals surface area contributed by atoms with Crippen LogP contribution in [0.25, 0.3) is 0 Å². The van der Waals surface area contributed by atoms with Crippen LogP contribution in [0.2, 0.25) is 5.02 Å². The van der Waals surface area contributed by atoms with Gasteiger partial charge in [0.15, 0.2) is 0 Å². The van der Waals surface area contributed by atoms with Crippen molar-refractivity contribution in [2.45, 2.75) is 44.2 Å². The van der Waals surface area contributed by atoms with E-state index in [9.17, 15) is 18.0 Å². The number of hydrogen-bond donors (Lipinski definition) is 3. The molecule has 3 N–H and O–H groups in total. The Kier molecular flexibility index (Phi) is 7.97. The molecule has 0 heterocycles. The molecule has 2 rings (SSSR count). The van der Waals surface area contributed by atoms with Crippen LogP contribution in [-0.4, -0.2) is 39.2 Å². The lowest BCUT2D eigenvalue weighted by Crippen LogP contribution is -2.44. The van der Waals surface area contributed by atoms with E-state index in [0.717, 1.165) is 0 Å². The highest BCUT2D eigenvalue weighted by molar-refractivity contribution is 7.92. The van der Waals surface area contributed by atoms with E-state index < -0.39 is 33.7 Å². The second kappa shape index (κ2) is 10.1. The number of sulfonamides is 1. The van der Waals surface area contributed by atoms with Gasteiger partial charge in [0, 0.05) is 16.4 Å². The SMILES string of the molecule is COc1ccc(NC(=O)C(C)NC(=O)OC(C)(C)C)cc1S(=O)(=O)Nc1ccc(Cl)cc1. The minimum absolute atomic E-state index is 0.0874. The Morgan fingerprint density at radius 1 is 1.03 bits per heavy atom. The lowest BCUT2D eigenvalue weighted by molar-refractivity contribution is -0.117. The molecule has 0 aliphatic carbocycles. The molecule has 0 saturated heterocycles. The molecule has 0 fully saturated rings. The van der Waals surface area contributed by atoms with Crippen LogP contribution in [-0.2, 0) is 19.6 Å².